The molecule has 0 aromatic carbocycles. The molecule has 1 saturated carbocycles. The van der Waals surface area contributed by atoms with Crippen LogP contribution in [0.3, 0.4) is 0 Å². The van der Waals surface area contributed by atoms with Crippen LogP contribution in [-0.2, 0) is 14.3 Å². The molecule has 0 bridgehead atoms. The molecule has 0 radical (unpaired) electrons. The van der Waals surface area contributed by atoms with Gasteiger partial charge >= 0.3 is 5.97 Å². The second-order valence-corrected chi connectivity index (χ2v) is 4.16. The third-order valence-electron chi connectivity index (χ3n) is 2.41. The van der Waals surface area contributed by atoms with Crippen molar-refractivity contribution in [2.45, 2.75) is 42.9 Å². The van der Waals surface area contributed by atoms with Crippen molar-refractivity contribution in [3.8, 4) is 0 Å². The predicted molar refractivity (Wildman–Crippen MR) is 45.7 cm³/mol. The summed E-state index contributed by atoms with van der Waals surface area (Å²) in [5.41, 5.74) is 0. The number of rotatable bonds is 0. The largest absolute Gasteiger partial charge is 0.430 e. The molecule has 1 aliphatic carbocycles. The van der Waals surface area contributed by atoms with Gasteiger partial charge in [0.1, 0.15) is 0 Å². The summed E-state index contributed by atoms with van der Waals surface area (Å²) < 4.78 is 10.6. The zero-order chi connectivity index (χ0) is 8.60. The normalized spacial score (nSPS) is 33.8. The number of ether oxygens (including phenoxy) is 2. The van der Waals surface area contributed by atoms with Crippen molar-refractivity contribution in [3.63, 3.8) is 0 Å². The van der Waals surface area contributed by atoms with Gasteiger partial charge in [-0.15, -0.1) is 0 Å². The Kier molecular flexibility index (Phi) is 2.12. The summed E-state index contributed by atoms with van der Waals surface area (Å²) in [5, 5.41) is -0.546. The number of carbonyl (C=O) groups is 1. The molecule has 0 aromatic heterocycles. The second kappa shape index (κ2) is 3.00. The van der Waals surface area contributed by atoms with Gasteiger partial charge in [0.15, 0.2) is 0 Å². The van der Waals surface area contributed by atoms with Crippen LogP contribution in [0.25, 0.3) is 0 Å². The van der Waals surface area contributed by atoms with Crippen LogP contribution >= 0.6 is 15.9 Å². The predicted octanol–water partition coefficient (Wildman–Crippen LogP) is 1.94. The molecule has 0 aromatic rings. The van der Waals surface area contributed by atoms with Crippen molar-refractivity contribution in [1.29, 1.82) is 0 Å². The fourth-order valence-electron chi connectivity index (χ4n) is 1.80. The number of hydrogen-bond acceptors (Lipinski definition) is 3. The lowest BCUT2D eigenvalue weighted by atomic mass is 9.94. The summed E-state index contributed by atoms with van der Waals surface area (Å²) in [6.45, 7) is 0. The van der Waals surface area contributed by atoms with Gasteiger partial charge in [0.05, 0.1) is 0 Å². The van der Waals surface area contributed by atoms with Crippen LogP contribution in [0, 0.1) is 0 Å². The first-order valence-corrected chi connectivity index (χ1v) is 5.18. The zero-order valence-electron chi connectivity index (χ0n) is 6.72. The van der Waals surface area contributed by atoms with E-state index in [1.807, 2.05) is 0 Å². The average Bonchev–Trinajstić information content (AvgIpc) is 2.29. The zero-order valence-corrected chi connectivity index (χ0v) is 8.30. The Morgan fingerprint density at radius 1 is 1.33 bits per heavy atom. The highest BCUT2D eigenvalue weighted by Gasteiger charge is 2.47. The topological polar surface area (TPSA) is 35.5 Å². The molecule has 1 aliphatic heterocycles. The van der Waals surface area contributed by atoms with Crippen LogP contribution in [0.15, 0.2) is 0 Å². The summed E-state index contributed by atoms with van der Waals surface area (Å²) in [6.07, 6.45) is 5.09. The first-order valence-electron chi connectivity index (χ1n) is 4.27. The number of hydrogen-bond donors (Lipinski definition) is 0. The standard InChI is InChI=1S/C8H11BrO3/c9-6-7(10)12-8(11-6)4-2-1-3-5-8/h6H,1-5H2. The SMILES string of the molecule is O=C1OC2(CCCCC2)OC1Br. The van der Waals surface area contributed by atoms with E-state index in [0.717, 1.165) is 25.7 Å². The number of carbonyl (C=O) groups excluding carboxylic acids is 1. The quantitative estimate of drug-likeness (QED) is 0.475. The molecular formula is C8H11BrO3. The van der Waals surface area contributed by atoms with Gasteiger partial charge in [-0.1, -0.05) is 6.42 Å². The Bertz CT molecular complexity index is 198. The van der Waals surface area contributed by atoms with Crippen molar-refractivity contribution in [2.24, 2.45) is 0 Å². The van der Waals surface area contributed by atoms with Crippen molar-refractivity contribution in [2.75, 3.05) is 0 Å². The lowest BCUT2D eigenvalue weighted by molar-refractivity contribution is -0.187. The maximum atomic E-state index is 11.1. The Labute approximate surface area is 79.5 Å². The minimum Gasteiger partial charge on any atom is -0.430 e. The fraction of sp³-hybridized carbons (Fsp3) is 0.875. The van der Waals surface area contributed by atoms with E-state index in [1.54, 1.807) is 0 Å². The highest BCUT2D eigenvalue weighted by Crippen LogP contribution is 2.39. The van der Waals surface area contributed by atoms with E-state index in [2.05, 4.69) is 15.9 Å². The minimum absolute atomic E-state index is 0.281. The molecule has 0 N–H and O–H groups in total. The number of alkyl halides is 1. The molecule has 68 valence electrons. The number of halogens is 1. The Morgan fingerprint density at radius 3 is 2.50 bits per heavy atom. The highest BCUT2D eigenvalue weighted by molar-refractivity contribution is 9.09. The Balaban J connectivity index is 2.07. The molecule has 2 fully saturated rings. The molecule has 1 unspecified atom stereocenters. The molecule has 2 rings (SSSR count). The minimum atomic E-state index is -0.580. The fourth-order valence-corrected chi connectivity index (χ4v) is 2.23. The van der Waals surface area contributed by atoms with Gasteiger partial charge in [0, 0.05) is 12.8 Å². The van der Waals surface area contributed by atoms with Crippen LogP contribution in [0.5, 0.6) is 0 Å². The molecule has 3 nitrogen and oxygen atoms in total. The maximum Gasteiger partial charge on any atom is 0.349 e. The third kappa shape index (κ3) is 1.38. The second-order valence-electron chi connectivity index (χ2n) is 3.33. The lowest BCUT2D eigenvalue weighted by Crippen LogP contribution is -2.33. The van der Waals surface area contributed by atoms with Gasteiger partial charge in [-0.2, -0.15) is 0 Å². The monoisotopic (exact) mass is 234 g/mol. The van der Waals surface area contributed by atoms with Gasteiger partial charge in [-0.3, -0.25) is 0 Å². The van der Waals surface area contributed by atoms with Gasteiger partial charge in [0.2, 0.25) is 10.8 Å². The highest BCUT2D eigenvalue weighted by atomic mass is 79.9. The molecule has 1 saturated heterocycles. The summed E-state index contributed by atoms with van der Waals surface area (Å²) in [4.78, 5) is 11.1. The van der Waals surface area contributed by atoms with Gasteiger partial charge in [-0.05, 0) is 28.8 Å². The molecule has 4 heteroatoms. The molecule has 1 heterocycles. The average molecular weight is 235 g/mol. The summed E-state index contributed by atoms with van der Waals surface area (Å²) >= 11 is 3.12. The van der Waals surface area contributed by atoms with Crippen LogP contribution in [0.2, 0.25) is 0 Å². The Morgan fingerprint density at radius 2 is 2.00 bits per heavy atom. The van der Waals surface area contributed by atoms with E-state index in [0.29, 0.717) is 0 Å². The first kappa shape index (κ1) is 8.51. The first-order chi connectivity index (χ1) is 5.72. The Hall–Kier alpha value is -0.0900. The molecular weight excluding hydrogens is 224 g/mol. The summed E-state index contributed by atoms with van der Waals surface area (Å²) in [5.74, 6) is -0.861. The van der Waals surface area contributed by atoms with Gasteiger partial charge in [0.25, 0.3) is 0 Å². The van der Waals surface area contributed by atoms with Crippen molar-refractivity contribution < 1.29 is 14.3 Å². The van der Waals surface area contributed by atoms with E-state index >= 15 is 0 Å². The summed E-state index contributed by atoms with van der Waals surface area (Å²) in [7, 11) is 0. The van der Waals surface area contributed by atoms with E-state index in [4.69, 9.17) is 9.47 Å². The van der Waals surface area contributed by atoms with E-state index in [1.165, 1.54) is 6.42 Å². The lowest BCUT2D eigenvalue weighted by Gasteiger charge is -2.29. The van der Waals surface area contributed by atoms with Crippen LogP contribution in [-0.4, -0.2) is 16.8 Å². The van der Waals surface area contributed by atoms with Crippen molar-refractivity contribution >= 4 is 21.9 Å². The molecule has 1 spiro atoms. The van der Waals surface area contributed by atoms with Crippen LogP contribution < -0.4 is 0 Å². The van der Waals surface area contributed by atoms with Crippen LogP contribution in [0.1, 0.15) is 32.1 Å². The van der Waals surface area contributed by atoms with Gasteiger partial charge < -0.3 is 9.47 Å². The third-order valence-corrected chi connectivity index (χ3v) is 2.97. The molecule has 0 amide bonds. The molecule has 12 heavy (non-hydrogen) atoms. The van der Waals surface area contributed by atoms with Gasteiger partial charge in [-0.25, -0.2) is 4.79 Å². The van der Waals surface area contributed by atoms with E-state index in [9.17, 15) is 4.79 Å². The molecule has 2 aliphatic rings. The smallest absolute Gasteiger partial charge is 0.349 e. The van der Waals surface area contributed by atoms with Crippen molar-refractivity contribution in [1.82, 2.24) is 0 Å². The van der Waals surface area contributed by atoms with E-state index in [-0.39, 0.29) is 5.97 Å². The van der Waals surface area contributed by atoms with Crippen molar-refractivity contribution in [3.05, 3.63) is 0 Å². The summed E-state index contributed by atoms with van der Waals surface area (Å²) in [6, 6.07) is 0. The number of esters is 1. The van der Waals surface area contributed by atoms with E-state index < -0.39 is 10.8 Å². The van der Waals surface area contributed by atoms with Crippen LogP contribution in [0.4, 0.5) is 0 Å². The molecule has 1 atom stereocenters. The maximum absolute atomic E-state index is 11.1.